The first kappa shape index (κ1) is 15.6. The number of halogens is 1. The largest absolute Gasteiger partial charge is 0.334 e. The van der Waals surface area contributed by atoms with Gasteiger partial charge in [-0.25, -0.2) is 4.79 Å². The number of carbonyl (C=O) groups is 1. The lowest BCUT2D eigenvalue weighted by atomic mass is 10.8. The molecular weight excluding hydrogens is 319 g/mol. The van der Waals surface area contributed by atoms with Crippen LogP contribution in [0.5, 0.6) is 0 Å². The smallest absolute Gasteiger partial charge is 0.281 e. The highest BCUT2D eigenvalue weighted by Gasteiger charge is 1.96. The van der Waals surface area contributed by atoms with E-state index in [1.54, 1.807) is 12.2 Å². The summed E-state index contributed by atoms with van der Waals surface area (Å²) >= 11 is 2.60. The first-order valence-corrected chi connectivity index (χ1v) is 5.29. The van der Waals surface area contributed by atoms with Crippen LogP contribution in [-0.2, 0) is 0 Å². The Balaban J connectivity index is 0. The van der Waals surface area contributed by atoms with E-state index in [4.69, 9.17) is 0 Å². The summed E-state index contributed by atoms with van der Waals surface area (Å²) in [5.74, 6) is 1.42. The lowest BCUT2D eigenvalue weighted by Crippen LogP contribution is -2.26. The summed E-state index contributed by atoms with van der Waals surface area (Å²) < 4.78 is 5.17. The molecule has 0 bridgehead atoms. The summed E-state index contributed by atoms with van der Waals surface area (Å²) in [5, 5.41) is 0. The van der Waals surface area contributed by atoms with Crippen LogP contribution in [0.25, 0.3) is 0 Å². The van der Waals surface area contributed by atoms with Crippen molar-refractivity contribution < 1.29 is 4.79 Å². The van der Waals surface area contributed by atoms with E-state index in [9.17, 15) is 4.79 Å². The Labute approximate surface area is 104 Å². The fourth-order valence-corrected chi connectivity index (χ4v) is 1.18. The van der Waals surface area contributed by atoms with Crippen molar-refractivity contribution in [3.63, 3.8) is 0 Å². The molecule has 3 nitrogen and oxygen atoms in total. The molecule has 0 aliphatic heterocycles. The first-order valence-electron chi connectivity index (χ1n) is 3.32. The third kappa shape index (κ3) is 12.2. The van der Waals surface area contributed by atoms with E-state index < -0.39 is 0 Å². The predicted octanol–water partition coefficient (Wildman–Crippen LogP) is 2.57. The molecule has 2 N–H and O–H groups in total. The zero-order valence-electron chi connectivity index (χ0n) is 7.12. The molecule has 0 spiro atoms. The minimum atomic E-state index is -0.200. The van der Waals surface area contributed by atoms with Crippen LogP contribution in [0.15, 0.2) is 25.3 Å². The van der Waals surface area contributed by atoms with Crippen LogP contribution in [0.1, 0.15) is 0 Å². The standard InChI is InChI=1S/C7H12N2OS2.HI/c1-3-5-11-8-7(10)9-12-6-4-2;/h3-4H,1-2,5-6H2,(H2,8,9,10);1H. The third-order valence-corrected chi connectivity index (χ3v) is 2.20. The van der Waals surface area contributed by atoms with E-state index in [0.29, 0.717) is 11.5 Å². The second-order valence-electron chi connectivity index (χ2n) is 1.73. The molecule has 0 saturated heterocycles. The normalized spacial score (nSPS) is 8.00. The van der Waals surface area contributed by atoms with Crippen molar-refractivity contribution in [2.45, 2.75) is 0 Å². The number of carbonyl (C=O) groups excluding carboxylic acids is 1. The van der Waals surface area contributed by atoms with E-state index in [-0.39, 0.29) is 30.0 Å². The van der Waals surface area contributed by atoms with Crippen LogP contribution in [0, 0.1) is 0 Å². The second kappa shape index (κ2) is 12.2. The van der Waals surface area contributed by atoms with Crippen LogP contribution < -0.4 is 9.44 Å². The molecule has 0 saturated carbocycles. The van der Waals surface area contributed by atoms with E-state index in [0.717, 1.165) is 0 Å². The highest BCUT2D eigenvalue weighted by atomic mass is 127. The number of hydrogen-bond donors (Lipinski definition) is 2. The molecule has 0 heterocycles. The zero-order valence-corrected chi connectivity index (χ0v) is 11.1. The molecule has 0 aliphatic carbocycles. The van der Waals surface area contributed by atoms with E-state index in [2.05, 4.69) is 22.6 Å². The van der Waals surface area contributed by atoms with Gasteiger partial charge in [0.25, 0.3) is 0 Å². The van der Waals surface area contributed by atoms with Crippen LogP contribution in [0.4, 0.5) is 4.79 Å². The van der Waals surface area contributed by atoms with E-state index in [1.165, 1.54) is 23.9 Å². The maximum atomic E-state index is 10.9. The number of hydrogen-bond acceptors (Lipinski definition) is 3. The number of urea groups is 1. The Morgan fingerprint density at radius 1 is 1.15 bits per heavy atom. The summed E-state index contributed by atoms with van der Waals surface area (Å²) in [6.07, 6.45) is 3.45. The average molecular weight is 332 g/mol. The summed E-state index contributed by atoms with van der Waals surface area (Å²) in [6, 6.07) is -0.200. The van der Waals surface area contributed by atoms with Crippen molar-refractivity contribution >= 4 is 53.9 Å². The molecule has 76 valence electrons. The molecule has 6 heteroatoms. The van der Waals surface area contributed by atoms with E-state index in [1.807, 2.05) is 0 Å². The van der Waals surface area contributed by atoms with Crippen molar-refractivity contribution in [1.29, 1.82) is 0 Å². The van der Waals surface area contributed by atoms with Gasteiger partial charge in [-0.05, 0) is 23.9 Å². The molecule has 0 rings (SSSR count). The molecule has 13 heavy (non-hydrogen) atoms. The maximum absolute atomic E-state index is 10.9. The Hall–Kier alpha value is 0.180. The summed E-state index contributed by atoms with van der Waals surface area (Å²) in [5.41, 5.74) is 0. The summed E-state index contributed by atoms with van der Waals surface area (Å²) in [6.45, 7) is 7.04. The molecule has 0 unspecified atom stereocenters. The molecule has 0 aromatic carbocycles. The molecule has 0 atom stereocenters. The summed E-state index contributed by atoms with van der Waals surface area (Å²) in [4.78, 5) is 10.9. The van der Waals surface area contributed by atoms with Gasteiger partial charge in [-0.3, -0.25) is 9.44 Å². The van der Waals surface area contributed by atoms with Gasteiger partial charge in [-0.15, -0.1) is 37.1 Å². The van der Waals surface area contributed by atoms with Crippen molar-refractivity contribution in [3.05, 3.63) is 25.3 Å². The quantitative estimate of drug-likeness (QED) is 0.340. The molecule has 0 fully saturated rings. The monoisotopic (exact) mass is 332 g/mol. The molecule has 0 aromatic heterocycles. The lowest BCUT2D eigenvalue weighted by molar-refractivity contribution is 0.252. The number of rotatable bonds is 6. The van der Waals surface area contributed by atoms with Gasteiger partial charge in [-0.1, -0.05) is 12.2 Å². The second-order valence-corrected chi connectivity index (χ2v) is 3.38. The Bertz CT molecular complexity index is 151. The fraction of sp³-hybridized carbons (Fsp3) is 0.286. The van der Waals surface area contributed by atoms with E-state index >= 15 is 0 Å². The molecule has 2 amide bonds. The van der Waals surface area contributed by atoms with Crippen LogP contribution in [-0.4, -0.2) is 17.5 Å². The SMILES string of the molecule is C=CCSNC(=O)NSCC=C.I. The van der Waals surface area contributed by atoms with Crippen molar-refractivity contribution in [2.24, 2.45) is 0 Å². The minimum Gasteiger partial charge on any atom is -0.281 e. The Kier molecular flexibility index (Phi) is 14.7. The summed E-state index contributed by atoms with van der Waals surface area (Å²) in [7, 11) is 0. The molecule has 0 aliphatic rings. The van der Waals surface area contributed by atoms with Crippen molar-refractivity contribution in [2.75, 3.05) is 11.5 Å². The van der Waals surface area contributed by atoms with Gasteiger partial charge in [0.15, 0.2) is 0 Å². The number of nitrogens with one attached hydrogen (secondary N) is 2. The van der Waals surface area contributed by atoms with Crippen molar-refractivity contribution in [3.8, 4) is 0 Å². The first-order chi connectivity index (χ1) is 5.81. The van der Waals surface area contributed by atoms with Gasteiger partial charge < -0.3 is 0 Å². The highest BCUT2D eigenvalue weighted by molar-refractivity contribution is 14.0. The lowest BCUT2D eigenvalue weighted by Gasteiger charge is -2.02. The van der Waals surface area contributed by atoms with Gasteiger partial charge >= 0.3 is 6.03 Å². The van der Waals surface area contributed by atoms with Crippen LogP contribution >= 0.6 is 47.9 Å². The maximum Gasteiger partial charge on any atom is 0.334 e. The van der Waals surface area contributed by atoms with Gasteiger partial charge in [0.1, 0.15) is 0 Å². The van der Waals surface area contributed by atoms with Gasteiger partial charge in [0.2, 0.25) is 0 Å². The third-order valence-electron chi connectivity index (χ3n) is 0.732. The Morgan fingerprint density at radius 2 is 1.54 bits per heavy atom. The predicted molar refractivity (Wildman–Crippen MR) is 72.4 cm³/mol. The molecule has 0 radical (unpaired) electrons. The Morgan fingerprint density at radius 3 is 1.85 bits per heavy atom. The fourth-order valence-electron chi connectivity index (χ4n) is 0.353. The number of amides is 2. The highest BCUT2D eigenvalue weighted by Crippen LogP contribution is 1.95. The van der Waals surface area contributed by atoms with Crippen LogP contribution in [0.3, 0.4) is 0 Å². The van der Waals surface area contributed by atoms with Gasteiger partial charge in [-0.2, -0.15) is 0 Å². The van der Waals surface area contributed by atoms with Gasteiger partial charge in [0.05, 0.1) is 0 Å². The molecular formula is C7H13IN2OS2. The van der Waals surface area contributed by atoms with Gasteiger partial charge in [0, 0.05) is 11.5 Å². The minimum absolute atomic E-state index is 0. The molecule has 0 aromatic rings. The van der Waals surface area contributed by atoms with Crippen molar-refractivity contribution in [1.82, 2.24) is 9.44 Å². The van der Waals surface area contributed by atoms with Crippen LogP contribution in [0.2, 0.25) is 0 Å². The zero-order chi connectivity index (χ0) is 9.23. The topological polar surface area (TPSA) is 41.1 Å². The average Bonchev–Trinajstić information content (AvgIpc) is 2.06.